The van der Waals surface area contributed by atoms with E-state index >= 15 is 0 Å². The van der Waals surface area contributed by atoms with E-state index in [4.69, 9.17) is 37.9 Å². The fraction of sp³-hybridized carbons (Fsp3) is 0.744. The predicted octanol–water partition coefficient (Wildman–Crippen LogP) is 0.0547. The Morgan fingerprint density at radius 2 is 0.898 bits per heavy atom. The molecular formula is C39H66N4O16. The lowest BCUT2D eigenvalue weighted by atomic mass is 10.0. The van der Waals surface area contributed by atoms with Gasteiger partial charge in [-0.2, -0.15) is 0 Å². The van der Waals surface area contributed by atoms with Crippen molar-refractivity contribution in [2.75, 3.05) is 164 Å². The van der Waals surface area contributed by atoms with Crippen molar-refractivity contribution in [1.82, 2.24) is 19.6 Å². The van der Waals surface area contributed by atoms with Gasteiger partial charge in [-0.25, -0.2) is 0 Å². The van der Waals surface area contributed by atoms with Gasteiger partial charge in [0.25, 0.3) is 0 Å². The number of rotatable bonds is 32. The third kappa shape index (κ3) is 24.9. The molecule has 1 atom stereocenters. The van der Waals surface area contributed by atoms with Crippen molar-refractivity contribution in [3.05, 3.63) is 23.8 Å². The van der Waals surface area contributed by atoms with Crippen LogP contribution < -0.4 is 9.47 Å². The molecule has 0 saturated carbocycles. The van der Waals surface area contributed by atoms with E-state index in [0.29, 0.717) is 89.7 Å². The van der Waals surface area contributed by atoms with E-state index < -0.39 is 29.9 Å². The van der Waals surface area contributed by atoms with Gasteiger partial charge >= 0.3 is 23.9 Å². The molecule has 4 N–H and O–H groups in total. The second kappa shape index (κ2) is 32.1. The van der Waals surface area contributed by atoms with E-state index in [-0.39, 0.29) is 98.2 Å². The largest absolute Gasteiger partial charge is 0.491 e. The molecule has 1 fully saturated rings. The topological polar surface area (TPSA) is 236 Å². The van der Waals surface area contributed by atoms with Crippen molar-refractivity contribution in [3.8, 4) is 11.5 Å². The molecule has 0 amide bonds. The molecule has 1 heterocycles. The van der Waals surface area contributed by atoms with Crippen LogP contribution in [0.2, 0.25) is 0 Å². The first-order valence-electron chi connectivity index (χ1n) is 20.2. The van der Waals surface area contributed by atoms with Crippen LogP contribution in [0.3, 0.4) is 0 Å². The highest BCUT2D eigenvalue weighted by Gasteiger charge is 2.29. The molecule has 1 aliphatic rings. The molecule has 0 aliphatic carbocycles. The number of benzene rings is 1. The minimum atomic E-state index is -1.13. The van der Waals surface area contributed by atoms with Crippen LogP contribution >= 0.6 is 0 Å². The molecule has 338 valence electrons. The summed E-state index contributed by atoms with van der Waals surface area (Å²) in [5.41, 5.74) is 0.574. The second-order valence-electron chi connectivity index (χ2n) is 13.4. The van der Waals surface area contributed by atoms with Crippen molar-refractivity contribution in [1.29, 1.82) is 0 Å². The summed E-state index contributed by atoms with van der Waals surface area (Å²) >= 11 is 0. The van der Waals surface area contributed by atoms with Crippen LogP contribution in [0, 0.1) is 0 Å². The molecule has 1 aromatic rings. The molecule has 59 heavy (non-hydrogen) atoms. The van der Waals surface area contributed by atoms with Gasteiger partial charge in [-0.05, 0) is 25.5 Å². The Labute approximate surface area is 346 Å². The number of hydrogen-bond acceptors (Lipinski definition) is 16. The monoisotopic (exact) mass is 846 g/mol. The number of hydrogen-bond donors (Lipinski definition) is 4. The lowest BCUT2D eigenvalue weighted by Gasteiger charge is -2.35. The first kappa shape index (κ1) is 51.4. The fourth-order valence-corrected chi connectivity index (χ4v) is 6.02. The summed E-state index contributed by atoms with van der Waals surface area (Å²) in [4.78, 5) is 54.7. The van der Waals surface area contributed by atoms with E-state index in [1.54, 1.807) is 37.8 Å². The van der Waals surface area contributed by atoms with Crippen molar-refractivity contribution >= 4 is 23.9 Å². The average Bonchev–Trinajstić information content (AvgIpc) is 3.18. The summed E-state index contributed by atoms with van der Waals surface area (Å²) in [6.45, 7) is 10.0. The van der Waals surface area contributed by atoms with E-state index in [9.17, 15) is 39.6 Å². The highest BCUT2D eigenvalue weighted by atomic mass is 16.6. The fourth-order valence-electron chi connectivity index (χ4n) is 6.02. The van der Waals surface area contributed by atoms with Crippen LogP contribution in [-0.2, 0) is 54.0 Å². The van der Waals surface area contributed by atoms with Crippen LogP contribution in [0.1, 0.15) is 19.4 Å². The third-order valence-electron chi connectivity index (χ3n) is 9.00. The summed E-state index contributed by atoms with van der Waals surface area (Å²) < 4.78 is 44.8. The highest BCUT2D eigenvalue weighted by Crippen LogP contribution is 2.27. The zero-order chi connectivity index (χ0) is 43.1. The van der Waals surface area contributed by atoms with Crippen molar-refractivity contribution in [2.24, 2.45) is 0 Å². The molecule has 1 saturated heterocycles. The maximum Gasteiger partial charge on any atom is 0.321 e. The Balaban J connectivity index is 2.23. The normalized spacial score (nSPS) is 15.9. The molecule has 0 aromatic heterocycles. The molecule has 1 aliphatic heterocycles. The summed E-state index contributed by atoms with van der Waals surface area (Å²) in [5.74, 6) is -3.47. The van der Waals surface area contributed by atoms with Gasteiger partial charge in [-0.3, -0.25) is 38.8 Å². The van der Waals surface area contributed by atoms with Crippen molar-refractivity contribution in [2.45, 2.75) is 26.3 Å². The van der Waals surface area contributed by atoms with E-state index in [0.717, 1.165) is 0 Å². The summed E-state index contributed by atoms with van der Waals surface area (Å²) in [6.07, 6.45) is -0.00384. The second-order valence-corrected chi connectivity index (χ2v) is 13.4. The number of carboxylic acid groups (broad SMARTS) is 4. The molecule has 0 radical (unpaired) electrons. The molecule has 20 heteroatoms. The summed E-state index contributed by atoms with van der Waals surface area (Å²) in [5, 5.41) is 39.3. The standard InChI is InChI=1S/C39H66N4O16/c1-3-52-15-17-54-19-21-56-23-25-58-33-6-5-32(35(28-33)59-26-24-57-22-20-55-18-16-53-4-2)27-34(39(50)51)43-13-11-41(30-37(46)47)9-7-40(29-36(44)45)8-10-42(12-14-43)31-38(48)49/h5-6,28,34H,3-4,7-27,29-31H2,1-2H3,(H,44,45)(H,46,47)(H,48,49)(H,50,51)/t34-/m0/s1. The number of carboxylic acids is 4. The molecule has 2 rings (SSSR count). The smallest absolute Gasteiger partial charge is 0.321 e. The Kier molecular flexibility index (Phi) is 28.0. The van der Waals surface area contributed by atoms with Crippen LogP contribution in [0.15, 0.2) is 18.2 Å². The van der Waals surface area contributed by atoms with E-state index in [1.165, 1.54) is 0 Å². The first-order valence-corrected chi connectivity index (χ1v) is 20.2. The minimum Gasteiger partial charge on any atom is -0.491 e. The predicted molar refractivity (Wildman–Crippen MR) is 213 cm³/mol. The van der Waals surface area contributed by atoms with Crippen LogP contribution in [0.25, 0.3) is 0 Å². The van der Waals surface area contributed by atoms with Crippen molar-refractivity contribution < 1.29 is 77.5 Å². The zero-order valence-electron chi connectivity index (χ0n) is 34.7. The summed E-state index contributed by atoms with van der Waals surface area (Å²) in [7, 11) is 0. The van der Waals surface area contributed by atoms with Gasteiger partial charge < -0.3 is 58.3 Å². The van der Waals surface area contributed by atoms with Crippen molar-refractivity contribution in [3.63, 3.8) is 0 Å². The Bertz CT molecular complexity index is 1300. The number of aliphatic carboxylic acids is 4. The Morgan fingerprint density at radius 3 is 1.29 bits per heavy atom. The minimum absolute atomic E-state index is 0.00384. The molecular weight excluding hydrogens is 780 g/mol. The Hall–Kier alpha value is -3.70. The molecule has 20 nitrogen and oxygen atoms in total. The summed E-state index contributed by atoms with van der Waals surface area (Å²) in [6, 6.07) is 4.03. The van der Waals surface area contributed by atoms with E-state index in [2.05, 4.69) is 0 Å². The number of ether oxygens (including phenoxy) is 8. The van der Waals surface area contributed by atoms with Gasteiger partial charge in [0.2, 0.25) is 0 Å². The van der Waals surface area contributed by atoms with Crippen LogP contribution in [-0.4, -0.2) is 234 Å². The highest BCUT2D eigenvalue weighted by molar-refractivity contribution is 5.74. The first-order chi connectivity index (χ1) is 28.5. The van der Waals surface area contributed by atoms with Crippen LogP contribution in [0.5, 0.6) is 11.5 Å². The number of carbonyl (C=O) groups is 4. The van der Waals surface area contributed by atoms with Gasteiger partial charge in [0.05, 0.1) is 85.7 Å². The maximum absolute atomic E-state index is 13.0. The molecule has 1 aromatic carbocycles. The average molecular weight is 847 g/mol. The molecule has 0 bridgehead atoms. The van der Waals surface area contributed by atoms with Gasteiger partial charge in [-0.15, -0.1) is 0 Å². The molecule has 0 unspecified atom stereocenters. The lowest BCUT2D eigenvalue weighted by Crippen LogP contribution is -2.52. The van der Waals surface area contributed by atoms with Gasteiger partial charge in [-0.1, -0.05) is 6.07 Å². The van der Waals surface area contributed by atoms with E-state index in [1.807, 2.05) is 13.8 Å². The quantitative estimate of drug-likeness (QED) is 0.0702. The maximum atomic E-state index is 13.0. The van der Waals surface area contributed by atoms with Gasteiger partial charge in [0.15, 0.2) is 0 Å². The molecule has 0 spiro atoms. The Morgan fingerprint density at radius 1 is 0.525 bits per heavy atom. The van der Waals surface area contributed by atoms with Gasteiger partial charge in [0, 0.05) is 78.1 Å². The number of nitrogens with zero attached hydrogens (tertiary/aromatic N) is 4. The third-order valence-corrected chi connectivity index (χ3v) is 9.00. The zero-order valence-corrected chi connectivity index (χ0v) is 34.7. The van der Waals surface area contributed by atoms with Gasteiger partial charge in [0.1, 0.15) is 30.8 Å². The lowest BCUT2D eigenvalue weighted by molar-refractivity contribution is -0.144. The van der Waals surface area contributed by atoms with Crippen LogP contribution in [0.4, 0.5) is 0 Å². The SMILES string of the molecule is CCOCCOCCOCCOc1ccc(C[C@@H](C(=O)O)N2CCN(CC(=O)O)CCN(CC(=O)O)CCN(CC(=O)O)CC2)c(OCCOCCOCCOCC)c1.